The number of likely N-dealkylation sites (N-methyl/N-ethyl adjacent to an activating group) is 2. The Kier molecular flexibility index (Phi) is 24.1. The molecular weight excluding hydrogens is 1550 g/mol. The van der Waals surface area contributed by atoms with Crippen LogP contribution in [0.4, 0.5) is 26.2 Å². The van der Waals surface area contributed by atoms with Crippen LogP contribution in [0, 0.1) is 17.8 Å². The average molecular weight is 1670 g/mol. The number of fused-ring (bicyclic) bond motifs is 6. The third-order valence-electron chi connectivity index (χ3n) is 26.0. The predicted octanol–water partition coefficient (Wildman–Crippen LogP) is 10.3. The zero-order chi connectivity index (χ0) is 85.4. The van der Waals surface area contributed by atoms with E-state index >= 15 is 0 Å². The Bertz CT molecular complexity index is 5580. The van der Waals surface area contributed by atoms with Crippen molar-refractivity contribution in [3.63, 3.8) is 0 Å². The molecule has 3 saturated carbocycles. The molecule has 9 aromatic heterocycles. The molecule has 3 aliphatic heterocycles. The number of aliphatic hydroxyl groups excluding tert-OH is 6. The first kappa shape index (κ1) is 85.1. The Morgan fingerprint density at radius 3 is 1.22 bits per heavy atom. The number of halogens is 2. The first-order chi connectivity index (χ1) is 57.7. The molecule has 12 atom stereocenters. The molecule has 0 radical (unpaired) electrons. The number of aliphatic hydroxyl groups is 6. The molecule has 15 N–H and O–H groups in total. The Morgan fingerprint density at radius 2 is 0.843 bits per heavy atom. The van der Waals surface area contributed by atoms with E-state index in [-0.39, 0.29) is 22.6 Å². The molecular formula is C88H117F2N21O10. The number of benzene rings is 3. The van der Waals surface area contributed by atoms with E-state index < -0.39 is 79.7 Å². The third kappa shape index (κ3) is 18.0. The largest absolute Gasteiger partial charge is 0.433 e. The second-order valence-electron chi connectivity index (χ2n) is 36.8. The van der Waals surface area contributed by atoms with Crippen LogP contribution in [-0.2, 0) is 44.3 Å². The summed E-state index contributed by atoms with van der Waals surface area (Å²) in [6.07, 6.45) is 8.39. The number of nitrogens with two attached hydrogens (primary N) is 3. The number of anilines is 3. The van der Waals surface area contributed by atoms with Gasteiger partial charge in [0.15, 0.2) is 18.7 Å². The lowest BCUT2D eigenvalue weighted by Gasteiger charge is -2.46. The van der Waals surface area contributed by atoms with E-state index in [1.165, 1.54) is 36.2 Å². The maximum absolute atomic E-state index is 13.2. The van der Waals surface area contributed by atoms with Crippen molar-refractivity contribution < 1.29 is 58.4 Å². The van der Waals surface area contributed by atoms with Crippen LogP contribution in [0.2, 0.25) is 0 Å². The minimum absolute atomic E-state index is 0.0939. The van der Waals surface area contributed by atoms with E-state index in [4.69, 9.17) is 41.4 Å². The Hall–Kier alpha value is -9.49. The van der Waals surface area contributed by atoms with Gasteiger partial charge in [0.25, 0.3) is 0 Å². The number of nitrogen functional groups attached to an aromatic ring is 3. The van der Waals surface area contributed by atoms with E-state index in [1.807, 2.05) is 6.07 Å². The standard InChI is InChI=1S/C30H41N7O3.C29H37F2N7O4.C29H39N7O3/c1-5-36(15-23-25(38)26(39)29(40-23)37-11-10-20-27(31)32-16-33-28(20)37)19-12-17(13-19)6-9-24-34-21-8-7-18(30(2,3)4)14-22(21)35-24;1-15(2)38(13-22-24(39)25(40)28(41-22)37-9-8-19-26(32)33-14-34-27(19)37)17-10-16(11-17)4-7-23-35-20-6-5-18(12-21(20)36-23)42-29(3,30)31;1-29(2,3)17-6-7-20-21(13-17)34-23(33-20)8-5-16-11-18(12-16)35(4)14-22-24(37)25(38)28(39-22)36-10-9-19-26(30)31-15-32-27(19)36/h7-8,10-11,14,16-17,19,23,25-26,29,38-39H,5-6,9,12-13,15H2,1-4H3,(H,34,35)(H2,31,32,33);5-6,8-9,12,14-17,22,24-25,28,39-40H,4,7,10-11,13H2,1-3H3,(H,35,36)(H2,32,33,34);6-7,9-10,13,15-16,18,22,24-25,28,37-38H,5,8,11-12,14H2,1-4H3,(H,33,34)(H2,30,31,32)/t17?,19?,23-,25-,26-,29-;16?,17?,22-,24-,25-,28-;16?,18?,22-,24-,25-,28-/m111/s1. The van der Waals surface area contributed by atoms with Crippen LogP contribution in [0.25, 0.3) is 66.2 Å². The minimum Gasteiger partial charge on any atom is -0.433 e. The second-order valence-corrected chi connectivity index (χ2v) is 36.8. The highest BCUT2D eigenvalue weighted by molar-refractivity contribution is 5.88. The lowest BCUT2D eigenvalue weighted by atomic mass is 9.76. The summed E-state index contributed by atoms with van der Waals surface area (Å²) in [5.74, 6) is 5.95. The van der Waals surface area contributed by atoms with Gasteiger partial charge in [-0.25, -0.2) is 44.9 Å². The zero-order valence-corrected chi connectivity index (χ0v) is 70.7. The van der Waals surface area contributed by atoms with E-state index in [0.29, 0.717) is 124 Å². The zero-order valence-electron chi connectivity index (χ0n) is 70.7. The molecule has 3 saturated heterocycles. The molecule has 18 rings (SSSR count). The van der Waals surface area contributed by atoms with Crippen LogP contribution in [0.3, 0.4) is 0 Å². The SMILES string of the molecule is CC(C)N(C[C@H]1O[C@@H](n2ccc3c(N)ncnc32)[C@H](O)[C@@H]1O)C1CC(CCc2nc3ccc(OC(C)(F)F)cc3[nH]2)C1.CCN(C[C@H]1O[C@@H](n2ccc3c(N)ncnc32)[C@H](O)[C@@H]1O)C1CC(CCc2nc3ccc(C(C)(C)C)cc3[nH]2)C1.CN(C[C@H]1O[C@@H](n2ccc3c(N)ncnc32)[C@H](O)[C@@H]1O)C1CC(CCc2nc3ccc(C(C)(C)C)cc3[nH]2)C1. The molecule has 6 fully saturated rings. The number of aromatic amines is 3. The van der Waals surface area contributed by atoms with Crippen molar-refractivity contribution in [1.82, 2.24) is 88.2 Å². The number of aryl methyl sites for hydroxylation is 3. The van der Waals surface area contributed by atoms with Crippen LogP contribution in [0.15, 0.2) is 110 Å². The molecule has 33 heteroatoms. The highest BCUT2D eigenvalue weighted by Gasteiger charge is 2.50. The fraction of sp³-hybridized carbons (Fsp3) is 0.557. The number of imidazole rings is 3. The molecule has 12 heterocycles. The minimum atomic E-state index is -3.24. The number of nitrogens with zero attached hydrogens (tertiary/aromatic N) is 15. The van der Waals surface area contributed by atoms with Crippen molar-refractivity contribution in [2.75, 3.05) is 50.4 Å². The summed E-state index contributed by atoms with van der Waals surface area (Å²) in [4.78, 5) is 56.5. The lowest BCUT2D eigenvalue weighted by Crippen LogP contribution is -2.52. The molecule has 648 valence electrons. The van der Waals surface area contributed by atoms with Gasteiger partial charge >= 0.3 is 6.11 Å². The van der Waals surface area contributed by atoms with Crippen LogP contribution in [0.1, 0.15) is 174 Å². The van der Waals surface area contributed by atoms with Gasteiger partial charge in [-0.1, -0.05) is 60.6 Å². The second kappa shape index (κ2) is 34.3. The quantitative estimate of drug-likeness (QED) is 0.0253. The Morgan fingerprint density at radius 1 is 0.479 bits per heavy atom. The van der Waals surface area contributed by atoms with Crippen LogP contribution in [0.5, 0.6) is 5.75 Å². The fourth-order valence-corrected chi connectivity index (χ4v) is 18.6. The number of nitrogens with one attached hydrogen (secondary N) is 3. The molecule has 3 aliphatic carbocycles. The molecule has 0 spiro atoms. The molecule has 31 nitrogen and oxygen atoms in total. The van der Waals surface area contributed by atoms with E-state index in [9.17, 15) is 39.4 Å². The number of ether oxygens (including phenoxy) is 4. The maximum atomic E-state index is 13.2. The normalized spacial score (nSPS) is 27.1. The molecule has 12 aromatic rings. The number of H-pyrrole nitrogens is 3. The monoisotopic (exact) mass is 1670 g/mol. The predicted molar refractivity (Wildman–Crippen MR) is 457 cm³/mol. The van der Waals surface area contributed by atoms with Crippen molar-refractivity contribution in [1.29, 1.82) is 0 Å². The van der Waals surface area contributed by atoms with Gasteiger partial charge in [-0.05, 0) is 180 Å². The first-order valence-electron chi connectivity index (χ1n) is 42.7. The number of rotatable bonds is 25. The smallest absolute Gasteiger partial charge is 0.394 e. The van der Waals surface area contributed by atoms with Gasteiger partial charge in [-0.15, -0.1) is 0 Å². The molecule has 0 unspecified atom stereocenters. The highest BCUT2D eigenvalue weighted by Crippen LogP contribution is 2.44. The summed E-state index contributed by atoms with van der Waals surface area (Å²) in [5, 5.41) is 67.2. The first-order valence-corrected chi connectivity index (χ1v) is 42.7. The Balaban J connectivity index is 0.000000135. The van der Waals surface area contributed by atoms with Crippen molar-refractivity contribution in [3.8, 4) is 5.75 Å². The number of hydrogen-bond acceptors (Lipinski definition) is 25. The summed E-state index contributed by atoms with van der Waals surface area (Å²) in [5.41, 5.74) is 28.1. The molecule has 0 amide bonds. The lowest BCUT2D eigenvalue weighted by molar-refractivity contribution is -0.158. The number of aromatic nitrogens is 15. The van der Waals surface area contributed by atoms with Gasteiger partial charge in [0.05, 0.1) is 49.3 Å². The highest BCUT2D eigenvalue weighted by atomic mass is 19.3. The van der Waals surface area contributed by atoms with E-state index in [1.54, 1.807) is 56.6 Å². The summed E-state index contributed by atoms with van der Waals surface area (Å²) >= 11 is 0. The Labute approximate surface area is 700 Å². The average Bonchev–Trinajstić information content (AvgIpc) is 1.61. The summed E-state index contributed by atoms with van der Waals surface area (Å²) in [7, 11) is 2.07. The summed E-state index contributed by atoms with van der Waals surface area (Å²) < 4.78 is 54.9. The summed E-state index contributed by atoms with van der Waals surface area (Å²) in [6, 6.07) is 24.6. The van der Waals surface area contributed by atoms with Crippen LogP contribution in [-0.4, -0.2) is 237 Å². The molecule has 121 heavy (non-hydrogen) atoms. The van der Waals surface area contributed by atoms with Gasteiger partial charge in [-0.3, -0.25) is 9.80 Å². The third-order valence-corrected chi connectivity index (χ3v) is 26.0. The summed E-state index contributed by atoms with van der Waals surface area (Å²) in [6.45, 7) is 22.9. The fourth-order valence-electron chi connectivity index (χ4n) is 18.6. The number of hydrogen-bond donors (Lipinski definition) is 12. The van der Waals surface area contributed by atoms with Crippen molar-refractivity contribution in [3.05, 3.63) is 139 Å². The molecule has 0 bridgehead atoms. The maximum Gasteiger partial charge on any atom is 0.394 e. The van der Waals surface area contributed by atoms with Gasteiger partial charge in [0.2, 0.25) is 0 Å². The number of alkyl halides is 2. The molecule has 3 aromatic carbocycles. The topological polar surface area (TPSA) is 424 Å². The van der Waals surface area contributed by atoms with Crippen LogP contribution >= 0.6 is 0 Å². The van der Waals surface area contributed by atoms with Gasteiger partial charge < -0.3 is 100 Å². The van der Waals surface area contributed by atoms with E-state index in [0.717, 1.165) is 123 Å². The van der Waals surface area contributed by atoms with Crippen LogP contribution < -0.4 is 21.9 Å². The van der Waals surface area contributed by atoms with Gasteiger partial charge in [0, 0.05) is 94.6 Å². The molecule has 6 aliphatic rings. The van der Waals surface area contributed by atoms with Crippen molar-refractivity contribution >= 4 is 83.7 Å². The van der Waals surface area contributed by atoms with Gasteiger partial charge in [-0.2, -0.15) is 8.78 Å². The van der Waals surface area contributed by atoms with Crippen molar-refractivity contribution in [2.45, 2.75) is 261 Å². The van der Waals surface area contributed by atoms with Gasteiger partial charge in [0.1, 0.15) is 132 Å². The van der Waals surface area contributed by atoms with Crippen molar-refractivity contribution in [2.24, 2.45) is 17.8 Å². The van der Waals surface area contributed by atoms with E-state index in [2.05, 4.69) is 175 Å².